The maximum absolute atomic E-state index is 5.35. The number of nitrogens with one attached hydrogen (secondary N) is 1. The third-order valence-corrected chi connectivity index (χ3v) is 13.8. The molecule has 11 aromatic carbocycles. The molecule has 2 heterocycles. The van der Waals surface area contributed by atoms with Gasteiger partial charge < -0.3 is 15.2 Å². The molecule has 1 aromatic heterocycles. The molecule has 12 aromatic rings. The Labute approximate surface area is 389 Å². The van der Waals surface area contributed by atoms with Crippen molar-refractivity contribution in [1.82, 2.24) is 9.88 Å². The second-order valence-electron chi connectivity index (χ2n) is 17.7. The van der Waals surface area contributed by atoms with Crippen molar-refractivity contribution in [2.24, 2.45) is 0 Å². The van der Waals surface area contributed by atoms with E-state index in [4.69, 9.17) is 5.32 Å². The van der Waals surface area contributed by atoms with Crippen molar-refractivity contribution >= 4 is 59.8 Å². The lowest BCUT2D eigenvalue weighted by Gasteiger charge is -2.45. The number of aromatic nitrogens is 1. The summed E-state index contributed by atoms with van der Waals surface area (Å²) in [6.07, 6.45) is 2.11. The minimum atomic E-state index is -0.172. The highest BCUT2D eigenvalue weighted by atomic mass is 15.2. The van der Waals surface area contributed by atoms with Crippen LogP contribution >= 0.6 is 0 Å². The smallest absolute Gasteiger partial charge is 0.0541 e. The van der Waals surface area contributed by atoms with E-state index in [0.717, 1.165) is 22.5 Å². The average molecular weight is 855 g/mol. The zero-order valence-electron chi connectivity index (χ0n) is 36.7. The number of hydrogen-bond donors (Lipinski definition) is 1. The number of hydrogen-bond acceptors (Lipinski definition) is 1. The van der Waals surface area contributed by atoms with Crippen LogP contribution in [0.2, 0.25) is 0 Å². The first-order valence-corrected chi connectivity index (χ1v) is 23.2. The van der Waals surface area contributed by atoms with Crippen LogP contribution in [0.1, 0.15) is 28.9 Å². The molecule has 3 nitrogen and oxygen atoms in total. The van der Waals surface area contributed by atoms with Gasteiger partial charge in [-0.25, -0.2) is 0 Å². The van der Waals surface area contributed by atoms with E-state index in [1.54, 1.807) is 0 Å². The molecule has 2 atom stereocenters. The lowest BCUT2D eigenvalue weighted by atomic mass is 9.94. The Morgan fingerprint density at radius 3 is 1.45 bits per heavy atom. The molecular weight excluding hydrogens is 811 g/mol. The predicted molar refractivity (Wildman–Crippen MR) is 282 cm³/mol. The fraction of sp³-hybridized carbons (Fsp3) is 0.0312. The summed E-state index contributed by atoms with van der Waals surface area (Å²) in [6.45, 7) is 0. The standard InChI is InChI=1S/C64H44N3/c1-2-14-48(15-3-1)64-65-60(41-61(66-64)57-20-10-18-46-13-8-9-19-56(46)57)47-25-21-44(22-26-47)45-29-33-55(34-30-45)67-62-35-31-53(51-27-23-42-11-4-6-16-49(42)37-51)39-58(62)59-40-54(32-36-63(59)67)52-28-24-43-12-5-7-17-50(43)38-52/h1-41,61,64-65H/q-1. The molecule has 0 spiro atoms. The van der Waals surface area contributed by atoms with Gasteiger partial charge in [-0.2, -0.15) is 0 Å². The molecule has 0 saturated heterocycles. The molecule has 316 valence electrons. The zero-order valence-corrected chi connectivity index (χ0v) is 36.7. The number of nitrogens with zero attached hydrogens (tertiary/aromatic N) is 2. The summed E-state index contributed by atoms with van der Waals surface area (Å²) < 4.78 is 2.42. The van der Waals surface area contributed by atoms with Crippen LogP contribution in [0.5, 0.6) is 0 Å². The topological polar surface area (TPSA) is 31.1 Å². The Morgan fingerprint density at radius 2 is 0.821 bits per heavy atom. The molecule has 1 N–H and O–H groups in total. The highest BCUT2D eigenvalue weighted by molar-refractivity contribution is 6.12. The largest absolute Gasteiger partial charge is 0.629 e. The third-order valence-electron chi connectivity index (χ3n) is 13.8. The zero-order chi connectivity index (χ0) is 44.3. The Hall–Kier alpha value is -8.50. The molecule has 0 aliphatic carbocycles. The molecule has 1 aliphatic heterocycles. The predicted octanol–water partition coefficient (Wildman–Crippen LogP) is 17.0. The molecule has 3 heteroatoms. The first-order chi connectivity index (χ1) is 33.2. The van der Waals surface area contributed by atoms with Crippen molar-refractivity contribution in [2.45, 2.75) is 12.2 Å². The van der Waals surface area contributed by atoms with E-state index >= 15 is 0 Å². The quantitative estimate of drug-likeness (QED) is 0.170. The van der Waals surface area contributed by atoms with Gasteiger partial charge in [0.25, 0.3) is 0 Å². The first-order valence-electron chi connectivity index (χ1n) is 23.2. The van der Waals surface area contributed by atoms with Gasteiger partial charge >= 0.3 is 0 Å². The highest BCUT2D eigenvalue weighted by Gasteiger charge is 2.19. The lowest BCUT2D eigenvalue weighted by Crippen LogP contribution is -2.25. The van der Waals surface area contributed by atoms with Crippen LogP contribution in [-0.4, -0.2) is 4.57 Å². The van der Waals surface area contributed by atoms with E-state index in [1.807, 2.05) is 0 Å². The minimum absolute atomic E-state index is 0.101. The molecule has 0 bridgehead atoms. The van der Waals surface area contributed by atoms with E-state index in [2.05, 4.69) is 259 Å². The van der Waals surface area contributed by atoms with Crippen LogP contribution in [0.4, 0.5) is 0 Å². The fourth-order valence-electron chi connectivity index (χ4n) is 10.3. The van der Waals surface area contributed by atoms with Crippen LogP contribution in [0.3, 0.4) is 0 Å². The van der Waals surface area contributed by atoms with E-state index < -0.39 is 0 Å². The maximum Gasteiger partial charge on any atom is 0.0541 e. The number of benzene rings is 11. The molecule has 13 rings (SSSR count). The molecule has 1 aliphatic rings. The summed E-state index contributed by atoms with van der Waals surface area (Å²) >= 11 is 0. The van der Waals surface area contributed by atoms with E-state index in [0.29, 0.717) is 0 Å². The average Bonchev–Trinajstić information content (AvgIpc) is 3.73. The molecule has 0 fully saturated rings. The molecule has 67 heavy (non-hydrogen) atoms. The van der Waals surface area contributed by atoms with Gasteiger partial charge in [-0.05, 0) is 132 Å². The van der Waals surface area contributed by atoms with Crippen molar-refractivity contribution in [3.8, 4) is 39.1 Å². The van der Waals surface area contributed by atoms with Crippen LogP contribution < -0.4 is 5.32 Å². The molecule has 0 saturated carbocycles. The first kappa shape index (κ1) is 38.9. The summed E-state index contributed by atoms with van der Waals surface area (Å²) in [4.78, 5) is 0. The van der Waals surface area contributed by atoms with Crippen LogP contribution in [-0.2, 0) is 0 Å². The van der Waals surface area contributed by atoms with E-state index in [1.165, 1.54) is 93.1 Å². The second kappa shape index (κ2) is 16.2. The Balaban J connectivity index is 0.861. The van der Waals surface area contributed by atoms with Crippen LogP contribution in [0, 0.1) is 0 Å². The van der Waals surface area contributed by atoms with E-state index in [9.17, 15) is 0 Å². The van der Waals surface area contributed by atoms with Crippen molar-refractivity contribution in [1.29, 1.82) is 0 Å². The lowest BCUT2D eigenvalue weighted by molar-refractivity contribution is 0.665. The van der Waals surface area contributed by atoms with Gasteiger partial charge in [-0.15, -0.1) is 0 Å². The molecular formula is C64H44N3-. The van der Waals surface area contributed by atoms with Gasteiger partial charge in [0.15, 0.2) is 0 Å². The van der Waals surface area contributed by atoms with Crippen molar-refractivity contribution in [3.63, 3.8) is 0 Å². The summed E-state index contributed by atoms with van der Waals surface area (Å²) in [5.74, 6) is 0. The van der Waals surface area contributed by atoms with Gasteiger partial charge in [-0.1, -0.05) is 212 Å². The van der Waals surface area contributed by atoms with Gasteiger partial charge in [0, 0.05) is 22.2 Å². The number of fused-ring (bicyclic) bond motifs is 6. The normalized spacial score (nSPS) is 15.0. The van der Waals surface area contributed by atoms with E-state index in [-0.39, 0.29) is 12.2 Å². The van der Waals surface area contributed by atoms with Crippen molar-refractivity contribution in [3.05, 3.63) is 271 Å². The summed E-state index contributed by atoms with van der Waals surface area (Å²) in [7, 11) is 0. The van der Waals surface area contributed by atoms with Gasteiger partial charge in [-0.3, -0.25) is 0 Å². The minimum Gasteiger partial charge on any atom is -0.629 e. The fourth-order valence-corrected chi connectivity index (χ4v) is 10.3. The Morgan fingerprint density at radius 1 is 0.343 bits per heavy atom. The van der Waals surface area contributed by atoms with Gasteiger partial charge in [0.2, 0.25) is 0 Å². The molecule has 0 amide bonds. The maximum atomic E-state index is 5.35. The second-order valence-corrected chi connectivity index (χ2v) is 17.7. The van der Waals surface area contributed by atoms with Gasteiger partial charge in [0.1, 0.15) is 0 Å². The summed E-state index contributed by atoms with van der Waals surface area (Å²) in [6, 6.07) is 88.3. The number of rotatable bonds is 7. The molecule has 2 unspecified atom stereocenters. The Kier molecular flexibility index (Phi) is 9.40. The highest BCUT2D eigenvalue weighted by Crippen LogP contribution is 2.43. The van der Waals surface area contributed by atoms with Crippen LogP contribution in [0.15, 0.2) is 249 Å². The monoisotopic (exact) mass is 854 g/mol. The Bertz CT molecular complexity index is 3720. The van der Waals surface area contributed by atoms with Crippen molar-refractivity contribution in [2.75, 3.05) is 0 Å². The third kappa shape index (κ3) is 7.05. The van der Waals surface area contributed by atoms with Crippen LogP contribution in [0.25, 0.3) is 104 Å². The summed E-state index contributed by atoms with van der Waals surface area (Å²) in [5, 5.41) is 19.1. The van der Waals surface area contributed by atoms with Crippen molar-refractivity contribution < 1.29 is 0 Å². The SMILES string of the molecule is C1=C(c2ccc(-c3ccc(-n4c5ccc(-c6ccc7ccccc7c6)cc5c5cc(-c6ccc7ccccc7c6)ccc54)cc3)cc2)NC(c2ccccc2)[N-]C1c1cccc2ccccc12. The molecule has 0 radical (unpaired) electrons. The van der Waals surface area contributed by atoms with Gasteiger partial charge in [0.05, 0.1) is 11.0 Å². The summed E-state index contributed by atoms with van der Waals surface area (Å²) in [5.41, 5.74) is 15.3.